The van der Waals surface area contributed by atoms with Crippen LogP contribution in [0.4, 0.5) is 0 Å². The van der Waals surface area contributed by atoms with Crippen molar-refractivity contribution in [1.82, 2.24) is 15.8 Å². The lowest BCUT2D eigenvalue weighted by Crippen LogP contribution is -2.27. The number of thiophene rings is 1. The average Bonchev–Trinajstić information content (AvgIpc) is 3.30. The Morgan fingerprint density at radius 1 is 1.19 bits per heavy atom. The molecule has 0 atom stereocenters. The van der Waals surface area contributed by atoms with E-state index in [0.29, 0.717) is 31.0 Å². The third kappa shape index (κ3) is 4.62. The maximum absolute atomic E-state index is 12.1. The number of amides is 1. The summed E-state index contributed by atoms with van der Waals surface area (Å²) in [7, 11) is 0. The van der Waals surface area contributed by atoms with Crippen molar-refractivity contribution in [3.05, 3.63) is 53.0 Å². The summed E-state index contributed by atoms with van der Waals surface area (Å²) in [4.78, 5) is 13.0. The molecule has 0 bridgehead atoms. The number of hydrogen-bond acceptors (Lipinski definition) is 7. The van der Waals surface area contributed by atoms with Gasteiger partial charge in [0.05, 0.1) is 4.88 Å². The molecule has 8 heteroatoms. The molecule has 26 heavy (non-hydrogen) atoms. The predicted molar refractivity (Wildman–Crippen MR) is 98.2 cm³/mol. The summed E-state index contributed by atoms with van der Waals surface area (Å²) in [5.74, 6) is 0.399. The van der Waals surface area contributed by atoms with Gasteiger partial charge < -0.3 is 25.4 Å². The van der Waals surface area contributed by atoms with Gasteiger partial charge >= 0.3 is 0 Å². The van der Waals surface area contributed by atoms with Crippen LogP contribution in [0.15, 0.2) is 46.3 Å². The minimum absolute atomic E-state index is 0.0315. The van der Waals surface area contributed by atoms with Crippen LogP contribution in [-0.4, -0.2) is 34.4 Å². The van der Waals surface area contributed by atoms with Gasteiger partial charge in [0.2, 0.25) is 0 Å². The number of hydrogen-bond donors (Lipinski definition) is 4. The smallest absolute Gasteiger partial charge is 0.273 e. The summed E-state index contributed by atoms with van der Waals surface area (Å²) >= 11 is 1.52. The molecule has 7 nitrogen and oxygen atoms in total. The molecule has 0 unspecified atom stereocenters. The molecular formula is C18H19N3O4S. The largest absolute Gasteiger partial charge is 0.508 e. The normalized spacial score (nSPS) is 10.8. The first-order chi connectivity index (χ1) is 12.6. The van der Waals surface area contributed by atoms with Crippen molar-refractivity contribution in [3.8, 4) is 22.1 Å². The molecule has 3 rings (SSSR count). The predicted octanol–water partition coefficient (Wildman–Crippen LogP) is 2.72. The van der Waals surface area contributed by atoms with Crippen molar-refractivity contribution in [1.29, 1.82) is 0 Å². The van der Waals surface area contributed by atoms with Crippen molar-refractivity contribution in [2.24, 2.45) is 0 Å². The number of aromatic nitrogens is 1. The molecule has 1 aromatic carbocycles. The van der Waals surface area contributed by atoms with E-state index in [4.69, 9.17) is 4.52 Å². The quantitative estimate of drug-likeness (QED) is 0.452. The highest BCUT2D eigenvalue weighted by molar-refractivity contribution is 7.13. The highest BCUT2D eigenvalue weighted by Gasteiger charge is 2.13. The zero-order valence-corrected chi connectivity index (χ0v) is 14.8. The first-order valence-electron chi connectivity index (χ1n) is 8.14. The minimum atomic E-state index is -0.271. The van der Waals surface area contributed by atoms with Gasteiger partial charge in [0.1, 0.15) is 11.5 Å². The molecule has 0 aliphatic heterocycles. The van der Waals surface area contributed by atoms with E-state index < -0.39 is 0 Å². The summed E-state index contributed by atoms with van der Waals surface area (Å²) in [6.45, 7) is 1.64. The summed E-state index contributed by atoms with van der Waals surface area (Å²) < 4.78 is 5.19. The summed E-state index contributed by atoms with van der Waals surface area (Å²) in [5.41, 5.74) is 0.964. The van der Waals surface area contributed by atoms with Crippen molar-refractivity contribution >= 4 is 17.2 Å². The van der Waals surface area contributed by atoms with Crippen LogP contribution in [0.5, 0.6) is 11.5 Å². The fraction of sp³-hybridized carbons (Fsp3) is 0.222. The lowest BCUT2D eigenvalue weighted by Gasteiger charge is -2.07. The Morgan fingerprint density at radius 2 is 2.08 bits per heavy atom. The van der Waals surface area contributed by atoms with Gasteiger partial charge in [-0.1, -0.05) is 17.3 Å². The lowest BCUT2D eigenvalue weighted by atomic mass is 10.2. The maximum Gasteiger partial charge on any atom is 0.273 e. The fourth-order valence-corrected chi connectivity index (χ4v) is 3.02. The van der Waals surface area contributed by atoms with Crippen molar-refractivity contribution in [3.63, 3.8) is 0 Å². The van der Waals surface area contributed by atoms with E-state index >= 15 is 0 Å². The van der Waals surface area contributed by atoms with Gasteiger partial charge in [0.25, 0.3) is 5.91 Å². The Labute approximate surface area is 154 Å². The SMILES string of the molecule is O=C(NCCCNCc1ccc(O)cc1O)c1cc(-c2cccs2)on1. The van der Waals surface area contributed by atoms with E-state index in [-0.39, 0.29) is 23.1 Å². The van der Waals surface area contributed by atoms with E-state index in [1.165, 1.54) is 23.5 Å². The van der Waals surface area contributed by atoms with Crippen molar-refractivity contribution in [2.45, 2.75) is 13.0 Å². The second-order valence-corrected chi connectivity index (χ2v) is 6.60. The zero-order valence-electron chi connectivity index (χ0n) is 13.9. The van der Waals surface area contributed by atoms with Crippen LogP contribution in [0.2, 0.25) is 0 Å². The topological polar surface area (TPSA) is 108 Å². The van der Waals surface area contributed by atoms with Gasteiger partial charge in [-0.25, -0.2) is 0 Å². The van der Waals surface area contributed by atoms with Crippen LogP contribution in [0.25, 0.3) is 10.6 Å². The highest BCUT2D eigenvalue weighted by Crippen LogP contribution is 2.25. The first-order valence-corrected chi connectivity index (χ1v) is 9.02. The van der Waals surface area contributed by atoms with E-state index in [1.54, 1.807) is 12.1 Å². The monoisotopic (exact) mass is 373 g/mol. The number of benzene rings is 1. The van der Waals surface area contributed by atoms with Gasteiger partial charge in [-0.15, -0.1) is 11.3 Å². The number of phenolic OH excluding ortho intramolecular Hbond substituents is 2. The molecule has 136 valence electrons. The average molecular weight is 373 g/mol. The number of nitrogens with one attached hydrogen (secondary N) is 2. The number of carbonyl (C=O) groups is 1. The number of nitrogens with zero attached hydrogens (tertiary/aromatic N) is 1. The molecule has 0 aliphatic carbocycles. The maximum atomic E-state index is 12.1. The Hall–Kier alpha value is -2.84. The van der Waals surface area contributed by atoms with Crippen LogP contribution in [0.3, 0.4) is 0 Å². The van der Waals surface area contributed by atoms with E-state index in [0.717, 1.165) is 11.3 Å². The third-order valence-corrected chi connectivity index (χ3v) is 4.59. The Balaban J connectivity index is 1.36. The highest BCUT2D eigenvalue weighted by atomic mass is 32.1. The molecule has 1 amide bonds. The molecule has 0 radical (unpaired) electrons. The second-order valence-electron chi connectivity index (χ2n) is 5.65. The van der Waals surface area contributed by atoms with Crippen LogP contribution in [-0.2, 0) is 6.54 Å². The molecule has 0 saturated heterocycles. The molecule has 0 saturated carbocycles. The molecule has 0 spiro atoms. The van der Waals surface area contributed by atoms with Crippen LogP contribution < -0.4 is 10.6 Å². The number of aromatic hydroxyl groups is 2. The number of phenols is 2. The van der Waals surface area contributed by atoms with Gasteiger partial charge in [-0.3, -0.25) is 4.79 Å². The molecule has 4 N–H and O–H groups in total. The van der Waals surface area contributed by atoms with Gasteiger partial charge in [0, 0.05) is 30.8 Å². The molecule has 2 heterocycles. The van der Waals surface area contributed by atoms with Gasteiger partial charge in [0.15, 0.2) is 11.5 Å². The molecule has 3 aromatic rings. The lowest BCUT2D eigenvalue weighted by molar-refractivity contribution is 0.0944. The fourth-order valence-electron chi connectivity index (χ4n) is 2.35. The molecule has 0 fully saturated rings. The van der Waals surface area contributed by atoms with Crippen LogP contribution in [0.1, 0.15) is 22.5 Å². The van der Waals surface area contributed by atoms with Crippen molar-refractivity contribution < 1.29 is 19.5 Å². The van der Waals surface area contributed by atoms with E-state index in [9.17, 15) is 15.0 Å². The number of carbonyl (C=O) groups excluding carboxylic acids is 1. The Bertz CT molecular complexity index is 861. The Kier molecular flexibility index (Phi) is 5.88. The van der Waals surface area contributed by atoms with E-state index in [1.807, 2.05) is 17.5 Å². The minimum Gasteiger partial charge on any atom is -0.508 e. The Morgan fingerprint density at radius 3 is 2.85 bits per heavy atom. The van der Waals surface area contributed by atoms with Crippen LogP contribution >= 0.6 is 11.3 Å². The summed E-state index contributed by atoms with van der Waals surface area (Å²) in [6.07, 6.45) is 0.722. The van der Waals surface area contributed by atoms with Gasteiger partial charge in [-0.2, -0.15) is 0 Å². The third-order valence-electron chi connectivity index (χ3n) is 3.71. The zero-order chi connectivity index (χ0) is 18.4. The van der Waals surface area contributed by atoms with Crippen LogP contribution in [0, 0.1) is 0 Å². The number of rotatable bonds is 8. The van der Waals surface area contributed by atoms with Gasteiger partial charge in [-0.05, 0) is 30.5 Å². The first kappa shape index (κ1) is 18.0. The second kappa shape index (κ2) is 8.50. The molecule has 2 aromatic heterocycles. The van der Waals surface area contributed by atoms with Crippen molar-refractivity contribution in [2.75, 3.05) is 13.1 Å². The summed E-state index contributed by atoms with van der Waals surface area (Å²) in [5, 5.41) is 30.6. The molecular weight excluding hydrogens is 354 g/mol. The standard InChI is InChI=1S/C18H19N3O4S/c22-13-5-4-12(15(23)9-13)11-19-6-2-7-20-18(24)14-10-16(25-21-14)17-3-1-8-26-17/h1,3-5,8-10,19,22-23H,2,6-7,11H2,(H,20,24). The molecule has 0 aliphatic rings. The van der Waals surface area contributed by atoms with E-state index in [2.05, 4.69) is 15.8 Å². The summed E-state index contributed by atoms with van der Waals surface area (Å²) in [6, 6.07) is 9.94.